The number of hydrogen-bond donors (Lipinski definition) is 2. The Morgan fingerprint density at radius 2 is 2.21 bits per heavy atom. The van der Waals surface area contributed by atoms with Crippen molar-refractivity contribution in [3.63, 3.8) is 0 Å². The molecular weight excluding hydrogens is 240 g/mol. The molecule has 0 fully saturated rings. The zero-order valence-electron chi connectivity index (χ0n) is 12.2. The number of carbonyl (C=O) groups is 1. The molecule has 5 heteroatoms. The number of amides is 1. The van der Waals surface area contributed by atoms with Gasteiger partial charge < -0.3 is 10.6 Å². The van der Waals surface area contributed by atoms with E-state index in [1.165, 1.54) is 0 Å². The van der Waals surface area contributed by atoms with Crippen molar-refractivity contribution in [3.8, 4) is 0 Å². The second-order valence-corrected chi connectivity index (χ2v) is 5.00. The van der Waals surface area contributed by atoms with Crippen LogP contribution in [0.25, 0.3) is 0 Å². The second-order valence-electron chi connectivity index (χ2n) is 5.00. The molecule has 2 unspecified atom stereocenters. The summed E-state index contributed by atoms with van der Waals surface area (Å²) >= 11 is 0. The minimum Gasteiger partial charge on any atom is -0.352 e. The Morgan fingerprint density at radius 1 is 1.42 bits per heavy atom. The largest absolute Gasteiger partial charge is 0.352 e. The van der Waals surface area contributed by atoms with E-state index in [1.807, 2.05) is 30.8 Å². The van der Waals surface area contributed by atoms with E-state index in [-0.39, 0.29) is 18.0 Å². The highest BCUT2D eigenvalue weighted by Crippen LogP contribution is 1.96. The van der Waals surface area contributed by atoms with Gasteiger partial charge in [-0.1, -0.05) is 13.3 Å². The predicted octanol–water partition coefficient (Wildman–Crippen LogP) is 1.56. The van der Waals surface area contributed by atoms with Gasteiger partial charge >= 0.3 is 0 Å². The average Bonchev–Trinajstić information content (AvgIpc) is 2.87. The molecule has 0 aromatic carbocycles. The summed E-state index contributed by atoms with van der Waals surface area (Å²) in [6, 6.07) is 2.03. The highest BCUT2D eigenvalue weighted by molar-refractivity contribution is 5.81. The van der Waals surface area contributed by atoms with Gasteiger partial charge in [-0.15, -0.1) is 0 Å². The molecular formula is C14H26N4O. The first kappa shape index (κ1) is 15.7. The Labute approximate surface area is 115 Å². The van der Waals surface area contributed by atoms with Crippen molar-refractivity contribution in [2.75, 3.05) is 6.54 Å². The summed E-state index contributed by atoms with van der Waals surface area (Å²) in [5.74, 6) is 0.0834. The molecule has 1 rings (SSSR count). The molecule has 1 aromatic rings. The second kappa shape index (κ2) is 8.69. The minimum atomic E-state index is -0.142. The van der Waals surface area contributed by atoms with Crippen LogP contribution in [0.4, 0.5) is 0 Å². The smallest absolute Gasteiger partial charge is 0.237 e. The summed E-state index contributed by atoms with van der Waals surface area (Å²) in [6.07, 6.45) is 6.80. The van der Waals surface area contributed by atoms with Gasteiger partial charge in [-0.3, -0.25) is 9.48 Å². The fourth-order valence-electron chi connectivity index (χ4n) is 1.96. The standard InChI is InChI=1S/C14H26N4O/c1-4-7-12(2)17-14(19)13(3)15-8-5-10-18-11-6-9-16-18/h6,9,11-13,15H,4-5,7-8,10H2,1-3H3,(H,17,19). The first-order valence-corrected chi connectivity index (χ1v) is 7.14. The van der Waals surface area contributed by atoms with Crippen LogP contribution in [0.15, 0.2) is 18.5 Å². The summed E-state index contributed by atoms with van der Waals surface area (Å²) in [5.41, 5.74) is 0. The van der Waals surface area contributed by atoms with Crippen LogP contribution in [0, 0.1) is 0 Å². The van der Waals surface area contributed by atoms with E-state index >= 15 is 0 Å². The zero-order chi connectivity index (χ0) is 14.1. The fraction of sp³-hybridized carbons (Fsp3) is 0.714. The van der Waals surface area contributed by atoms with Crippen LogP contribution in [-0.2, 0) is 11.3 Å². The van der Waals surface area contributed by atoms with Crippen LogP contribution in [0.2, 0.25) is 0 Å². The van der Waals surface area contributed by atoms with E-state index in [0.29, 0.717) is 0 Å². The highest BCUT2D eigenvalue weighted by atomic mass is 16.2. The van der Waals surface area contributed by atoms with Crippen molar-refractivity contribution < 1.29 is 4.79 Å². The highest BCUT2D eigenvalue weighted by Gasteiger charge is 2.13. The normalized spacial score (nSPS) is 14.1. The number of hydrogen-bond acceptors (Lipinski definition) is 3. The summed E-state index contributed by atoms with van der Waals surface area (Å²) < 4.78 is 1.90. The summed E-state index contributed by atoms with van der Waals surface area (Å²) in [4.78, 5) is 11.9. The number of rotatable bonds is 9. The summed E-state index contributed by atoms with van der Waals surface area (Å²) in [6.45, 7) is 7.77. The number of nitrogens with zero attached hydrogens (tertiary/aromatic N) is 2. The van der Waals surface area contributed by atoms with Gasteiger partial charge in [0.05, 0.1) is 6.04 Å². The minimum absolute atomic E-state index is 0.0834. The fourth-order valence-corrected chi connectivity index (χ4v) is 1.96. The van der Waals surface area contributed by atoms with Crippen LogP contribution in [0.1, 0.15) is 40.0 Å². The first-order valence-electron chi connectivity index (χ1n) is 7.14. The third kappa shape index (κ3) is 6.38. The Kier molecular flexibility index (Phi) is 7.18. The molecule has 0 aliphatic heterocycles. The van der Waals surface area contributed by atoms with E-state index < -0.39 is 0 Å². The number of carbonyl (C=O) groups excluding carboxylic acids is 1. The van der Waals surface area contributed by atoms with Gasteiger partial charge in [0.2, 0.25) is 5.91 Å². The molecule has 5 nitrogen and oxygen atoms in total. The van der Waals surface area contributed by atoms with Crippen molar-refractivity contribution in [2.45, 2.75) is 58.7 Å². The number of nitrogens with one attached hydrogen (secondary N) is 2. The van der Waals surface area contributed by atoms with E-state index in [0.717, 1.165) is 32.4 Å². The number of aromatic nitrogens is 2. The molecule has 0 spiro atoms. The first-order chi connectivity index (χ1) is 9.13. The maximum Gasteiger partial charge on any atom is 0.237 e. The van der Waals surface area contributed by atoms with Gasteiger partial charge in [0.15, 0.2) is 0 Å². The van der Waals surface area contributed by atoms with Gasteiger partial charge in [0.25, 0.3) is 0 Å². The van der Waals surface area contributed by atoms with E-state index in [1.54, 1.807) is 6.20 Å². The molecule has 108 valence electrons. The van der Waals surface area contributed by atoms with Crippen LogP contribution < -0.4 is 10.6 Å². The lowest BCUT2D eigenvalue weighted by Gasteiger charge is -2.18. The van der Waals surface area contributed by atoms with E-state index in [4.69, 9.17) is 0 Å². The Morgan fingerprint density at radius 3 is 2.84 bits per heavy atom. The molecule has 0 aliphatic rings. The lowest BCUT2D eigenvalue weighted by Crippen LogP contribution is -2.45. The quantitative estimate of drug-likeness (QED) is 0.667. The molecule has 1 aromatic heterocycles. The van der Waals surface area contributed by atoms with Gasteiger partial charge in [-0.2, -0.15) is 5.10 Å². The molecule has 0 saturated carbocycles. The van der Waals surface area contributed by atoms with Gasteiger partial charge in [0.1, 0.15) is 0 Å². The van der Waals surface area contributed by atoms with Crippen LogP contribution in [0.3, 0.4) is 0 Å². The molecule has 0 bridgehead atoms. The van der Waals surface area contributed by atoms with E-state index in [2.05, 4.69) is 22.7 Å². The maximum atomic E-state index is 11.9. The Hall–Kier alpha value is -1.36. The topological polar surface area (TPSA) is 59.0 Å². The van der Waals surface area contributed by atoms with Crippen LogP contribution >= 0.6 is 0 Å². The monoisotopic (exact) mass is 266 g/mol. The molecule has 2 atom stereocenters. The van der Waals surface area contributed by atoms with Gasteiger partial charge in [-0.25, -0.2) is 0 Å². The maximum absolute atomic E-state index is 11.9. The lowest BCUT2D eigenvalue weighted by molar-refractivity contribution is -0.123. The van der Waals surface area contributed by atoms with Gasteiger partial charge in [0, 0.05) is 25.0 Å². The van der Waals surface area contributed by atoms with Crippen molar-refractivity contribution >= 4 is 5.91 Å². The Balaban J connectivity index is 2.12. The summed E-state index contributed by atoms with van der Waals surface area (Å²) in [7, 11) is 0. The van der Waals surface area contributed by atoms with Crippen molar-refractivity contribution in [1.29, 1.82) is 0 Å². The molecule has 2 N–H and O–H groups in total. The lowest BCUT2D eigenvalue weighted by atomic mass is 10.2. The van der Waals surface area contributed by atoms with Crippen LogP contribution in [-0.4, -0.2) is 34.3 Å². The van der Waals surface area contributed by atoms with Crippen molar-refractivity contribution in [3.05, 3.63) is 18.5 Å². The van der Waals surface area contributed by atoms with Crippen molar-refractivity contribution in [2.24, 2.45) is 0 Å². The molecule has 0 aliphatic carbocycles. The zero-order valence-corrected chi connectivity index (χ0v) is 12.2. The average molecular weight is 266 g/mol. The van der Waals surface area contributed by atoms with Crippen LogP contribution in [0.5, 0.6) is 0 Å². The molecule has 0 radical (unpaired) electrons. The molecule has 1 amide bonds. The third-order valence-electron chi connectivity index (χ3n) is 3.08. The molecule has 0 saturated heterocycles. The molecule has 19 heavy (non-hydrogen) atoms. The van der Waals surface area contributed by atoms with E-state index in [9.17, 15) is 4.79 Å². The van der Waals surface area contributed by atoms with Crippen molar-refractivity contribution in [1.82, 2.24) is 20.4 Å². The Bertz CT molecular complexity index is 350. The molecule has 1 heterocycles. The summed E-state index contributed by atoms with van der Waals surface area (Å²) in [5, 5.41) is 10.4. The predicted molar refractivity (Wildman–Crippen MR) is 76.8 cm³/mol. The third-order valence-corrected chi connectivity index (χ3v) is 3.08. The number of aryl methyl sites for hydroxylation is 1. The van der Waals surface area contributed by atoms with Gasteiger partial charge in [-0.05, 0) is 39.3 Å². The SMILES string of the molecule is CCCC(C)NC(=O)C(C)NCCCn1cccn1.